The summed E-state index contributed by atoms with van der Waals surface area (Å²) in [5.41, 5.74) is 3.55. The molecule has 0 bridgehead atoms. The highest BCUT2D eigenvalue weighted by atomic mass is 16.6. The molecule has 0 unspecified atom stereocenters. The van der Waals surface area contributed by atoms with Gasteiger partial charge in [0.25, 0.3) is 0 Å². The molecule has 4 heterocycles. The number of anilines is 2. The number of ketones is 2. The number of aliphatic imine (C=N–C) groups is 2. The molecule has 52 heavy (non-hydrogen) atoms. The number of para-hydroxylation sites is 2. The van der Waals surface area contributed by atoms with Crippen LogP contribution in [0.15, 0.2) is 137 Å². The minimum absolute atomic E-state index is 0.214. The van der Waals surface area contributed by atoms with Gasteiger partial charge in [-0.3, -0.25) is 9.59 Å². The van der Waals surface area contributed by atoms with Crippen molar-refractivity contribution in [2.24, 2.45) is 9.98 Å². The lowest BCUT2D eigenvalue weighted by atomic mass is 9.86. The van der Waals surface area contributed by atoms with Crippen LogP contribution in [0.4, 0.5) is 22.7 Å². The largest absolute Gasteiger partial charge is 0.439 e. The van der Waals surface area contributed by atoms with Crippen molar-refractivity contribution in [1.82, 2.24) is 0 Å². The summed E-state index contributed by atoms with van der Waals surface area (Å²) in [4.78, 5) is 52.8. The van der Waals surface area contributed by atoms with Crippen molar-refractivity contribution in [2.45, 2.75) is 37.9 Å². The fraction of sp³-hybridized carbons (Fsp3) is 0.186. The number of fused-ring (bicyclic) bond motifs is 4. The second-order valence-corrected chi connectivity index (χ2v) is 13.5. The SMILES string of the molecule is Cc1ccc2c(c1)C(=O)[C@]1(O)CCN(c3ccccc3)C1=N2.Cc1ccc2c(c1)C(=O)[C@]1(OC(=O)c3ccccc3)CCN(c3ccccc3)C1=N2. The third-order valence-corrected chi connectivity index (χ3v) is 10.0. The number of amidine groups is 2. The predicted molar refractivity (Wildman–Crippen MR) is 202 cm³/mol. The van der Waals surface area contributed by atoms with Gasteiger partial charge in [0.2, 0.25) is 17.2 Å². The summed E-state index contributed by atoms with van der Waals surface area (Å²) in [6, 6.07) is 39.4. The predicted octanol–water partition coefficient (Wildman–Crippen LogP) is 7.59. The lowest BCUT2D eigenvalue weighted by molar-refractivity contribution is 0.0139. The smallest absolute Gasteiger partial charge is 0.339 e. The van der Waals surface area contributed by atoms with Crippen LogP contribution in [0.3, 0.4) is 0 Å². The third kappa shape index (κ3) is 5.50. The van der Waals surface area contributed by atoms with E-state index in [0.29, 0.717) is 65.7 Å². The molecule has 5 aromatic carbocycles. The van der Waals surface area contributed by atoms with Crippen molar-refractivity contribution in [3.63, 3.8) is 0 Å². The van der Waals surface area contributed by atoms with Crippen LogP contribution in [0.5, 0.6) is 0 Å². The van der Waals surface area contributed by atoms with Crippen LogP contribution in [-0.4, -0.2) is 58.6 Å². The summed E-state index contributed by atoms with van der Waals surface area (Å²) >= 11 is 0. The molecule has 0 aromatic heterocycles. The van der Waals surface area contributed by atoms with E-state index in [1.807, 2.05) is 121 Å². The second-order valence-electron chi connectivity index (χ2n) is 13.5. The van der Waals surface area contributed by atoms with Crippen LogP contribution in [0.25, 0.3) is 0 Å². The molecule has 258 valence electrons. The number of benzene rings is 5. The van der Waals surface area contributed by atoms with E-state index in [1.165, 1.54) is 0 Å². The van der Waals surface area contributed by atoms with Crippen molar-refractivity contribution < 1.29 is 24.2 Å². The fourth-order valence-corrected chi connectivity index (χ4v) is 7.33. The average molecular weight is 689 g/mol. The number of carbonyl (C=O) groups is 3. The molecule has 9 heteroatoms. The fourth-order valence-electron chi connectivity index (χ4n) is 7.33. The number of esters is 1. The van der Waals surface area contributed by atoms with E-state index in [1.54, 1.807) is 30.3 Å². The Labute approximate surface area is 301 Å². The third-order valence-electron chi connectivity index (χ3n) is 10.0. The van der Waals surface area contributed by atoms with Gasteiger partial charge >= 0.3 is 5.97 Å². The van der Waals surface area contributed by atoms with Crippen LogP contribution < -0.4 is 9.80 Å². The van der Waals surface area contributed by atoms with Crippen molar-refractivity contribution in [2.75, 3.05) is 22.9 Å². The molecule has 2 atom stereocenters. The van der Waals surface area contributed by atoms with Crippen LogP contribution >= 0.6 is 0 Å². The maximum absolute atomic E-state index is 13.7. The number of rotatable bonds is 4. The van der Waals surface area contributed by atoms with Gasteiger partial charge < -0.3 is 19.6 Å². The lowest BCUT2D eigenvalue weighted by Crippen LogP contribution is -2.52. The Kier molecular flexibility index (Phi) is 8.15. The zero-order chi connectivity index (χ0) is 36.0. The number of Topliss-reactive ketones (excluding diaryl/α,β-unsaturated/α-hetero) is 2. The van der Waals surface area contributed by atoms with E-state index in [2.05, 4.69) is 4.99 Å². The minimum atomic E-state index is -1.50. The van der Waals surface area contributed by atoms with Crippen LogP contribution in [0, 0.1) is 13.8 Å². The lowest BCUT2D eigenvalue weighted by Gasteiger charge is -2.33. The Hall–Kier alpha value is -6.19. The van der Waals surface area contributed by atoms with E-state index in [9.17, 15) is 19.5 Å². The van der Waals surface area contributed by atoms with Gasteiger partial charge in [0.1, 0.15) is 5.84 Å². The molecule has 0 saturated carbocycles. The van der Waals surface area contributed by atoms with Gasteiger partial charge in [-0.2, -0.15) is 0 Å². The maximum Gasteiger partial charge on any atom is 0.339 e. The van der Waals surface area contributed by atoms with E-state index in [4.69, 9.17) is 9.73 Å². The number of nitrogens with zero attached hydrogens (tertiary/aromatic N) is 4. The van der Waals surface area contributed by atoms with E-state index in [-0.39, 0.29) is 11.6 Å². The first-order valence-corrected chi connectivity index (χ1v) is 17.3. The van der Waals surface area contributed by atoms with E-state index < -0.39 is 17.2 Å². The Morgan fingerprint density at radius 1 is 0.635 bits per heavy atom. The molecular weight excluding hydrogens is 652 g/mol. The number of ether oxygens (including phenoxy) is 1. The zero-order valence-corrected chi connectivity index (χ0v) is 28.8. The average Bonchev–Trinajstić information content (AvgIpc) is 3.72. The quantitative estimate of drug-likeness (QED) is 0.194. The topological polar surface area (TPSA) is 112 Å². The van der Waals surface area contributed by atoms with Gasteiger partial charge in [-0.15, -0.1) is 0 Å². The number of aliphatic hydroxyl groups is 1. The van der Waals surface area contributed by atoms with Crippen molar-refractivity contribution in [3.05, 3.63) is 155 Å². The van der Waals surface area contributed by atoms with Gasteiger partial charge in [0, 0.05) is 48.4 Å². The van der Waals surface area contributed by atoms with Crippen LogP contribution in [0.1, 0.15) is 55.0 Å². The van der Waals surface area contributed by atoms with Gasteiger partial charge in [0.05, 0.1) is 16.9 Å². The zero-order valence-electron chi connectivity index (χ0n) is 28.8. The molecule has 4 aliphatic heterocycles. The molecule has 4 aliphatic rings. The second kappa shape index (κ2) is 12.9. The van der Waals surface area contributed by atoms with Crippen LogP contribution in [0.2, 0.25) is 0 Å². The number of aryl methyl sites for hydroxylation is 2. The molecule has 9 rings (SSSR count). The molecule has 2 saturated heterocycles. The maximum atomic E-state index is 13.7. The Morgan fingerprint density at radius 3 is 1.69 bits per heavy atom. The van der Waals surface area contributed by atoms with Crippen molar-refractivity contribution in [3.8, 4) is 0 Å². The number of carbonyl (C=O) groups excluding carboxylic acids is 3. The van der Waals surface area contributed by atoms with Gasteiger partial charge in [-0.05, 0) is 74.5 Å². The Bertz CT molecular complexity index is 2290. The minimum Gasteiger partial charge on any atom is -0.439 e. The summed E-state index contributed by atoms with van der Waals surface area (Å²) < 4.78 is 5.99. The van der Waals surface area contributed by atoms with E-state index in [0.717, 1.165) is 22.5 Å². The summed E-state index contributed by atoms with van der Waals surface area (Å²) in [5.74, 6) is -0.0643. The first-order valence-electron chi connectivity index (χ1n) is 17.3. The monoisotopic (exact) mass is 688 g/mol. The van der Waals surface area contributed by atoms with Gasteiger partial charge in [-0.1, -0.05) is 77.9 Å². The molecule has 0 amide bonds. The summed E-state index contributed by atoms with van der Waals surface area (Å²) in [6.45, 7) is 4.98. The first kappa shape index (κ1) is 33.0. The molecule has 0 radical (unpaired) electrons. The number of hydrogen-bond acceptors (Lipinski definition) is 9. The van der Waals surface area contributed by atoms with E-state index >= 15 is 0 Å². The van der Waals surface area contributed by atoms with Crippen molar-refractivity contribution >= 4 is 52.0 Å². The van der Waals surface area contributed by atoms with Gasteiger partial charge in [0.15, 0.2) is 11.4 Å². The number of hydrogen-bond donors (Lipinski definition) is 1. The summed E-state index contributed by atoms with van der Waals surface area (Å²) in [5, 5.41) is 10.9. The first-order chi connectivity index (χ1) is 25.2. The standard InChI is InChI=1S/C25H20N2O3.C18H16N2O2/c1-17-12-13-21-20(16-17)22(28)25(30-23(29)18-8-4-2-5-9-18)14-15-27(24(25)26-21)19-10-6-3-7-11-19;1-12-7-8-15-14(11-12)16(21)18(22)9-10-20(17(18)19-15)13-5-3-2-4-6-13/h2-13,16H,14-15H2,1H3;2-8,11,22H,9-10H2,1H3/t25-;18-/m11/s1. The Balaban J connectivity index is 0.000000156. The molecule has 0 spiro atoms. The molecule has 9 nitrogen and oxygen atoms in total. The van der Waals surface area contributed by atoms with Crippen LogP contribution in [-0.2, 0) is 4.74 Å². The van der Waals surface area contributed by atoms with Gasteiger partial charge in [-0.25, -0.2) is 14.8 Å². The molecule has 0 aliphatic carbocycles. The Morgan fingerprint density at radius 2 is 1.12 bits per heavy atom. The normalized spacial score (nSPS) is 21.1. The highest BCUT2D eigenvalue weighted by Crippen LogP contribution is 2.43. The molecule has 5 aromatic rings. The molecule has 2 fully saturated rings. The molecular formula is C43H36N4O5. The van der Waals surface area contributed by atoms with Crippen molar-refractivity contribution in [1.29, 1.82) is 0 Å². The summed E-state index contributed by atoms with van der Waals surface area (Å²) in [7, 11) is 0. The highest BCUT2D eigenvalue weighted by Gasteiger charge is 2.57. The highest BCUT2D eigenvalue weighted by molar-refractivity contribution is 6.30. The molecule has 1 N–H and O–H groups in total. The summed E-state index contributed by atoms with van der Waals surface area (Å²) in [6.07, 6.45) is 0.721.